The van der Waals surface area contributed by atoms with Crippen LogP contribution in [0.2, 0.25) is 0 Å². The van der Waals surface area contributed by atoms with E-state index in [9.17, 15) is 4.79 Å². The molecular weight excluding hydrogens is 284 g/mol. The van der Waals surface area contributed by atoms with Crippen LogP contribution in [0.4, 0.5) is 4.79 Å². The van der Waals surface area contributed by atoms with E-state index in [1.165, 1.54) is 0 Å². The second-order valence-electron chi connectivity index (χ2n) is 6.84. The maximum Gasteiger partial charge on any atom is 0.410 e. The van der Waals surface area contributed by atoms with Crippen molar-refractivity contribution in [3.63, 3.8) is 0 Å². The number of hydrogen-bond donors (Lipinski definition) is 1. The van der Waals surface area contributed by atoms with E-state index in [0.29, 0.717) is 25.8 Å². The Labute approximate surface area is 134 Å². The minimum atomic E-state index is -0.468. The molecule has 1 N–H and O–H groups in total. The quantitative estimate of drug-likeness (QED) is 0.728. The summed E-state index contributed by atoms with van der Waals surface area (Å²) < 4.78 is 16.1. The van der Waals surface area contributed by atoms with Gasteiger partial charge in [-0.05, 0) is 47.1 Å². The molecule has 1 amide bonds. The number of hydrogen-bond acceptors (Lipinski definition) is 5. The molecule has 0 aromatic rings. The van der Waals surface area contributed by atoms with Gasteiger partial charge in [0.05, 0.1) is 19.3 Å². The predicted octanol–water partition coefficient (Wildman–Crippen LogP) is 2.03. The molecule has 0 radical (unpaired) electrons. The Kier molecular flexibility index (Phi) is 8.14. The van der Waals surface area contributed by atoms with Gasteiger partial charge in [-0.2, -0.15) is 0 Å². The van der Waals surface area contributed by atoms with Crippen LogP contribution in [0, 0.1) is 0 Å². The fourth-order valence-corrected chi connectivity index (χ4v) is 2.47. The summed E-state index contributed by atoms with van der Waals surface area (Å²) in [7, 11) is 1.71. The van der Waals surface area contributed by atoms with Crippen LogP contribution in [-0.2, 0) is 14.2 Å². The Morgan fingerprint density at radius 2 is 2.18 bits per heavy atom. The van der Waals surface area contributed by atoms with Gasteiger partial charge in [0.25, 0.3) is 0 Å². The number of methoxy groups -OCH3 is 1. The lowest BCUT2D eigenvalue weighted by atomic mass is 10.1. The highest BCUT2D eigenvalue weighted by atomic mass is 16.6. The lowest BCUT2D eigenvalue weighted by molar-refractivity contribution is -0.0355. The first-order valence-electron chi connectivity index (χ1n) is 8.13. The Balaban J connectivity index is 2.45. The molecule has 130 valence electrons. The van der Waals surface area contributed by atoms with Crippen molar-refractivity contribution < 1.29 is 19.0 Å². The fourth-order valence-electron chi connectivity index (χ4n) is 2.47. The van der Waals surface area contributed by atoms with Crippen molar-refractivity contribution in [3.05, 3.63) is 0 Å². The van der Waals surface area contributed by atoms with Gasteiger partial charge in [0.2, 0.25) is 0 Å². The molecule has 2 atom stereocenters. The second kappa shape index (κ2) is 9.33. The van der Waals surface area contributed by atoms with E-state index in [0.717, 1.165) is 26.0 Å². The molecule has 0 saturated carbocycles. The Bertz CT molecular complexity index is 331. The van der Waals surface area contributed by atoms with Gasteiger partial charge in [-0.3, -0.25) is 0 Å². The zero-order chi connectivity index (χ0) is 16.6. The number of nitrogens with one attached hydrogen (secondary N) is 1. The van der Waals surface area contributed by atoms with Crippen LogP contribution in [0.3, 0.4) is 0 Å². The molecule has 1 aliphatic heterocycles. The van der Waals surface area contributed by atoms with E-state index in [2.05, 4.69) is 12.2 Å². The molecule has 0 spiro atoms. The lowest BCUT2D eigenvalue weighted by Gasteiger charge is -2.37. The van der Waals surface area contributed by atoms with E-state index in [1.807, 2.05) is 25.7 Å². The molecule has 22 heavy (non-hydrogen) atoms. The molecule has 1 aliphatic rings. The molecule has 2 unspecified atom stereocenters. The average molecular weight is 316 g/mol. The molecule has 0 bridgehead atoms. The van der Waals surface area contributed by atoms with Gasteiger partial charge in [0.15, 0.2) is 0 Å². The summed E-state index contributed by atoms with van der Waals surface area (Å²) >= 11 is 0. The third-order valence-corrected chi connectivity index (χ3v) is 3.50. The highest BCUT2D eigenvalue weighted by molar-refractivity contribution is 5.68. The second-order valence-corrected chi connectivity index (χ2v) is 6.84. The zero-order valence-electron chi connectivity index (χ0n) is 14.7. The molecule has 0 aromatic heterocycles. The minimum absolute atomic E-state index is 0.0634. The van der Waals surface area contributed by atoms with E-state index in [-0.39, 0.29) is 12.1 Å². The van der Waals surface area contributed by atoms with Gasteiger partial charge in [-0.1, -0.05) is 0 Å². The Morgan fingerprint density at radius 1 is 1.45 bits per heavy atom. The smallest absolute Gasteiger partial charge is 0.410 e. The highest BCUT2D eigenvalue weighted by Gasteiger charge is 2.31. The summed E-state index contributed by atoms with van der Waals surface area (Å²) in [5.41, 5.74) is -0.468. The number of nitrogens with zero attached hydrogens (tertiary/aromatic N) is 1. The Hall–Kier alpha value is -0.850. The summed E-state index contributed by atoms with van der Waals surface area (Å²) in [5.74, 6) is 0. The van der Waals surface area contributed by atoms with Crippen LogP contribution in [0.1, 0.15) is 40.5 Å². The standard InChI is InChI=1S/C16H32N2O4/c1-13(17-7-6-9-20-5)11-14-12-21-10-8-18(14)15(19)22-16(2,3)4/h13-14,17H,6-12H2,1-5H3. The molecule has 6 heteroatoms. The summed E-state index contributed by atoms with van der Waals surface area (Å²) in [6.07, 6.45) is 1.59. The molecule has 1 heterocycles. The van der Waals surface area contributed by atoms with Crippen molar-refractivity contribution in [3.8, 4) is 0 Å². The van der Waals surface area contributed by atoms with Gasteiger partial charge in [-0.25, -0.2) is 4.79 Å². The predicted molar refractivity (Wildman–Crippen MR) is 86.1 cm³/mol. The van der Waals surface area contributed by atoms with Crippen molar-refractivity contribution in [2.24, 2.45) is 0 Å². The first-order valence-corrected chi connectivity index (χ1v) is 8.13. The minimum Gasteiger partial charge on any atom is -0.444 e. The van der Waals surface area contributed by atoms with Crippen molar-refractivity contribution in [2.45, 2.75) is 58.2 Å². The largest absolute Gasteiger partial charge is 0.444 e. The SMILES string of the molecule is COCCCNC(C)CC1COCCN1C(=O)OC(C)(C)C. The van der Waals surface area contributed by atoms with Crippen molar-refractivity contribution in [2.75, 3.05) is 40.0 Å². The van der Waals surface area contributed by atoms with Crippen LogP contribution >= 0.6 is 0 Å². The highest BCUT2D eigenvalue weighted by Crippen LogP contribution is 2.17. The van der Waals surface area contributed by atoms with Gasteiger partial charge < -0.3 is 24.4 Å². The number of amides is 1. The first kappa shape index (κ1) is 19.2. The van der Waals surface area contributed by atoms with E-state index in [4.69, 9.17) is 14.2 Å². The van der Waals surface area contributed by atoms with Gasteiger partial charge in [0, 0.05) is 26.3 Å². The van der Waals surface area contributed by atoms with Crippen LogP contribution in [0.5, 0.6) is 0 Å². The normalized spacial score (nSPS) is 20.8. The van der Waals surface area contributed by atoms with Gasteiger partial charge >= 0.3 is 6.09 Å². The maximum atomic E-state index is 12.3. The first-order chi connectivity index (χ1) is 10.3. The molecule has 1 saturated heterocycles. The van der Waals surface area contributed by atoms with Crippen molar-refractivity contribution >= 4 is 6.09 Å². The number of carbonyl (C=O) groups excluding carboxylic acids is 1. The number of rotatable bonds is 7. The monoisotopic (exact) mass is 316 g/mol. The molecule has 0 aromatic carbocycles. The topological polar surface area (TPSA) is 60.0 Å². The molecule has 1 fully saturated rings. The summed E-state index contributed by atoms with van der Waals surface area (Å²) in [6.45, 7) is 11.2. The number of carbonyl (C=O) groups is 1. The van der Waals surface area contributed by atoms with E-state index < -0.39 is 5.60 Å². The maximum absolute atomic E-state index is 12.3. The zero-order valence-corrected chi connectivity index (χ0v) is 14.7. The molecular formula is C16H32N2O4. The van der Waals surface area contributed by atoms with E-state index in [1.54, 1.807) is 7.11 Å². The van der Waals surface area contributed by atoms with Gasteiger partial charge in [-0.15, -0.1) is 0 Å². The summed E-state index contributed by atoms with van der Waals surface area (Å²) in [5, 5.41) is 3.46. The third kappa shape index (κ3) is 7.42. The van der Waals surface area contributed by atoms with Crippen molar-refractivity contribution in [1.82, 2.24) is 10.2 Å². The molecule has 6 nitrogen and oxygen atoms in total. The summed E-state index contributed by atoms with van der Waals surface area (Å²) in [4.78, 5) is 14.1. The summed E-state index contributed by atoms with van der Waals surface area (Å²) in [6, 6.07) is 0.377. The third-order valence-electron chi connectivity index (χ3n) is 3.50. The van der Waals surface area contributed by atoms with Crippen LogP contribution in [0.25, 0.3) is 0 Å². The van der Waals surface area contributed by atoms with Crippen LogP contribution in [-0.4, -0.2) is 68.7 Å². The van der Waals surface area contributed by atoms with Crippen LogP contribution < -0.4 is 5.32 Å². The Morgan fingerprint density at radius 3 is 2.82 bits per heavy atom. The van der Waals surface area contributed by atoms with Crippen molar-refractivity contribution in [1.29, 1.82) is 0 Å². The number of morpholine rings is 1. The fraction of sp³-hybridized carbons (Fsp3) is 0.938. The average Bonchev–Trinajstić information content (AvgIpc) is 2.42. The molecule has 1 rings (SSSR count). The lowest BCUT2D eigenvalue weighted by Crippen LogP contribution is -2.52. The van der Waals surface area contributed by atoms with Crippen LogP contribution in [0.15, 0.2) is 0 Å². The molecule has 0 aliphatic carbocycles. The van der Waals surface area contributed by atoms with Gasteiger partial charge in [0.1, 0.15) is 5.60 Å². The number of ether oxygens (including phenoxy) is 3. The van der Waals surface area contributed by atoms with E-state index >= 15 is 0 Å².